The maximum absolute atomic E-state index is 13.0. The van der Waals surface area contributed by atoms with E-state index in [2.05, 4.69) is 5.32 Å². The molecule has 1 aliphatic carbocycles. The summed E-state index contributed by atoms with van der Waals surface area (Å²) >= 11 is 6.13. The molecule has 4 nitrogen and oxygen atoms in total. The zero-order valence-electron chi connectivity index (χ0n) is 15.8. The minimum absolute atomic E-state index is 0.00673. The fraction of sp³-hybridized carbons (Fsp3) is 0.364. The van der Waals surface area contributed by atoms with E-state index in [-0.39, 0.29) is 11.8 Å². The van der Waals surface area contributed by atoms with Gasteiger partial charge in [0.2, 0.25) is 5.91 Å². The standard InChI is InChI=1S/C22H25ClN2O2/c1-3-25(4-2)20(26)16-9-11-19(12-10-16)24-21(27)22(13-6-14-22)17-7-5-8-18(23)15-17/h5,7-12,15H,3-4,6,13-14H2,1-2H3,(H,24,27). The zero-order valence-corrected chi connectivity index (χ0v) is 16.6. The van der Waals surface area contributed by atoms with E-state index in [1.807, 2.05) is 38.1 Å². The van der Waals surface area contributed by atoms with Gasteiger partial charge in [0.25, 0.3) is 5.91 Å². The summed E-state index contributed by atoms with van der Waals surface area (Å²) in [6.45, 7) is 5.28. The van der Waals surface area contributed by atoms with Crippen molar-refractivity contribution in [1.82, 2.24) is 4.90 Å². The predicted octanol–water partition coefficient (Wildman–Crippen LogP) is 4.88. The van der Waals surface area contributed by atoms with Crippen LogP contribution in [0.15, 0.2) is 48.5 Å². The van der Waals surface area contributed by atoms with Gasteiger partial charge in [-0.15, -0.1) is 0 Å². The Morgan fingerprint density at radius 3 is 2.26 bits per heavy atom. The maximum Gasteiger partial charge on any atom is 0.253 e. The number of carbonyl (C=O) groups excluding carboxylic acids is 2. The zero-order chi connectivity index (χ0) is 19.4. The first kappa shape index (κ1) is 19.4. The molecule has 0 aliphatic heterocycles. The molecule has 5 heteroatoms. The highest BCUT2D eigenvalue weighted by Crippen LogP contribution is 2.45. The predicted molar refractivity (Wildman–Crippen MR) is 109 cm³/mol. The van der Waals surface area contributed by atoms with Crippen LogP contribution in [-0.4, -0.2) is 29.8 Å². The fourth-order valence-electron chi connectivity index (χ4n) is 3.60. The minimum atomic E-state index is -0.513. The molecular formula is C22H25ClN2O2. The van der Waals surface area contributed by atoms with Crippen molar-refractivity contribution in [3.05, 3.63) is 64.7 Å². The van der Waals surface area contributed by atoms with Crippen LogP contribution in [0.5, 0.6) is 0 Å². The molecule has 1 saturated carbocycles. The number of benzene rings is 2. The smallest absolute Gasteiger partial charge is 0.253 e. The Morgan fingerprint density at radius 2 is 1.74 bits per heavy atom. The van der Waals surface area contributed by atoms with E-state index in [1.165, 1.54) is 0 Å². The average molecular weight is 385 g/mol. The maximum atomic E-state index is 13.0. The normalized spacial score (nSPS) is 14.9. The first-order valence-electron chi connectivity index (χ1n) is 9.47. The molecule has 2 amide bonds. The van der Waals surface area contributed by atoms with Crippen LogP contribution in [-0.2, 0) is 10.2 Å². The topological polar surface area (TPSA) is 49.4 Å². The second-order valence-corrected chi connectivity index (χ2v) is 7.39. The number of halogens is 1. The van der Waals surface area contributed by atoms with Gasteiger partial charge in [-0.3, -0.25) is 9.59 Å². The molecule has 1 aliphatic rings. The van der Waals surface area contributed by atoms with Crippen LogP contribution in [0.3, 0.4) is 0 Å². The third-order valence-electron chi connectivity index (χ3n) is 5.46. The summed E-state index contributed by atoms with van der Waals surface area (Å²) in [6, 6.07) is 14.7. The summed E-state index contributed by atoms with van der Waals surface area (Å²) < 4.78 is 0. The van der Waals surface area contributed by atoms with Crippen molar-refractivity contribution in [2.45, 2.75) is 38.5 Å². The molecule has 3 rings (SSSR count). The van der Waals surface area contributed by atoms with Gasteiger partial charge in [0.05, 0.1) is 5.41 Å². The number of carbonyl (C=O) groups is 2. The molecule has 27 heavy (non-hydrogen) atoms. The van der Waals surface area contributed by atoms with Gasteiger partial charge in [0.15, 0.2) is 0 Å². The molecule has 0 aromatic heterocycles. The van der Waals surface area contributed by atoms with Crippen LogP contribution in [0.25, 0.3) is 0 Å². The molecule has 1 fully saturated rings. The van der Waals surface area contributed by atoms with Crippen molar-refractivity contribution >= 4 is 29.1 Å². The van der Waals surface area contributed by atoms with Crippen molar-refractivity contribution in [2.24, 2.45) is 0 Å². The summed E-state index contributed by atoms with van der Waals surface area (Å²) in [7, 11) is 0. The van der Waals surface area contributed by atoms with Crippen LogP contribution in [0.1, 0.15) is 49.0 Å². The molecule has 0 spiro atoms. The molecule has 0 unspecified atom stereocenters. The van der Waals surface area contributed by atoms with E-state index < -0.39 is 5.41 Å². The Bertz CT molecular complexity index is 824. The highest BCUT2D eigenvalue weighted by molar-refractivity contribution is 6.30. The fourth-order valence-corrected chi connectivity index (χ4v) is 3.79. The average Bonchev–Trinajstić information content (AvgIpc) is 2.62. The van der Waals surface area contributed by atoms with Gasteiger partial charge in [-0.2, -0.15) is 0 Å². The van der Waals surface area contributed by atoms with Crippen molar-refractivity contribution in [3.8, 4) is 0 Å². The number of amides is 2. The molecule has 0 heterocycles. The lowest BCUT2D eigenvalue weighted by Gasteiger charge is -2.40. The quantitative estimate of drug-likeness (QED) is 0.771. The monoisotopic (exact) mass is 384 g/mol. The second kappa shape index (κ2) is 8.13. The van der Waals surface area contributed by atoms with Gasteiger partial charge in [0, 0.05) is 29.4 Å². The van der Waals surface area contributed by atoms with E-state index in [4.69, 9.17) is 11.6 Å². The summed E-state index contributed by atoms with van der Waals surface area (Å²) in [6.07, 6.45) is 2.66. The number of hydrogen-bond donors (Lipinski definition) is 1. The summed E-state index contributed by atoms with van der Waals surface area (Å²) in [5, 5.41) is 3.66. The second-order valence-electron chi connectivity index (χ2n) is 6.95. The van der Waals surface area contributed by atoms with Crippen LogP contribution in [0.4, 0.5) is 5.69 Å². The Balaban J connectivity index is 1.75. The first-order chi connectivity index (χ1) is 13.0. The highest BCUT2D eigenvalue weighted by Gasteiger charge is 2.45. The molecule has 0 radical (unpaired) electrons. The number of anilines is 1. The van der Waals surface area contributed by atoms with Crippen LogP contribution in [0, 0.1) is 0 Å². The third-order valence-corrected chi connectivity index (χ3v) is 5.69. The van der Waals surface area contributed by atoms with E-state index >= 15 is 0 Å². The van der Waals surface area contributed by atoms with Gasteiger partial charge in [-0.05, 0) is 68.7 Å². The van der Waals surface area contributed by atoms with Gasteiger partial charge >= 0.3 is 0 Å². The number of rotatable bonds is 6. The molecule has 0 saturated heterocycles. The van der Waals surface area contributed by atoms with Gasteiger partial charge in [-0.25, -0.2) is 0 Å². The Hall–Kier alpha value is -2.33. The Morgan fingerprint density at radius 1 is 1.07 bits per heavy atom. The minimum Gasteiger partial charge on any atom is -0.339 e. The number of nitrogens with one attached hydrogen (secondary N) is 1. The van der Waals surface area contributed by atoms with E-state index in [0.29, 0.717) is 29.4 Å². The van der Waals surface area contributed by atoms with Crippen molar-refractivity contribution < 1.29 is 9.59 Å². The van der Waals surface area contributed by atoms with Crippen molar-refractivity contribution in [1.29, 1.82) is 0 Å². The summed E-state index contributed by atoms with van der Waals surface area (Å²) in [5.41, 5.74) is 1.78. The van der Waals surface area contributed by atoms with Gasteiger partial charge in [-0.1, -0.05) is 30.2 Å². The summed E-state index contributed by atoms with van der Waals surface area (Å²) in [5.74, 6) is -0.00824. The van der Waals surface area contributed by atoms with E-state index in [0.717, 1.165) is 24.8 Å². The van der Waals surface area contributed by atoms with Crippen LogP contribution >= 0.6 is 11.6 Å². The number of nitrogens with zero attached hydrogens (tertiary/aromatic N) is 1. The SMILES string of the molecule is CCN(CC)C(=O)c1ccc(NC(=O)C2(c3cccc(Cl)c3)CCC2)cc1. The van der Waals surface area contributed by atoms with Crippen molar-refractivity contribution in [2.75, 3.05) is 18.4 Å². The molecule has 2 aromatic rings. The molecule has 0 bridgehead atoms. The highest BCUT2D eigenvalue weighted by atomic mass is 35.5. The molecule has 142 valence electrons. The van der Waals surface area contributed by atoms with Crippen molar-refractivity contribution in [3.63, 3.8) is 0 Å². The summed E-state index contributed by atoms with van der Waals surface area (Å²) in [4.78, 5) is 27.2. The lowest BCUT2D eigenvalue weighted by Crippen LogP contribution is -2.46. The Kier molecular flexibility index (Phi) is 5.85. The lowest BCUT2D eigenvalue weighted by molar-refractivity contribution is -0.124. The lowest BCUT2D eigenvalue weighted by atomic mass is 9.64. The van der Waals surface area contributed by atoms with Crippen LogP contribution in [0.2, 0.25) is 5.02 Å². The Labute approximate surface area is 165 Å². The molecular weight excluding hydrogens is 360 g/mol. The molecule has 2 aromatic carbocycles. The molecule has 0 atom stereocenters. The van der Waals surface area contributed by atoms with E-state index in [1.54, 1.807) is 29.2 Å². The van der Waals surface area contributed by atoms with E-state index in [9.17, 15) is 9.59 Å². The van der Waals surface area contributed by atoms with Gasteiger partial charge < -0.3 is 10.2 Å². The third kappa shape index (κ3) is 3.86. The number of hydrogen-bond acceptors (Lipinski definition) is 2. The first-order valence-corrected chi connectivity index (χ1v) is 9.85. The van der Waals surface area contributed by atoms with Crippen LogP contribution < -0.4 is 5.32 Å². The largest absolute Gasteiger partial charge is 0.339 e. The molecule has 1 N–H and O–H groups in total. The van der Waals surface area contributed by atoms with Gasteiger partial charge in [0.1, 0.15) is 0 Å².